The highest BCUT2D eigenvalue weighted by atomic mass is 32.2. The Hall–Kier alpha value is -0.250. The van der Waals surface area contributed by atoms with Gasteiger partial charge in [0.1, 0.15) is 0 Å². The first-order valence-electron chi connectivity index (χ1n) is 8.89. The van der Waals surface area contributed by atoms with Crippen LogP contribution in [0.2, 0.25) is 0 Å². The quantitative estimate of drug-likeness (QED) is 0.701. The zero-order valence-electron chi connectivity index (χ0n) is 15.6. The van der Waals surface area contributed by atoms with Gasteiger partial charge >= 0.3 is 0 Å². The zero-order valence-corrected chi connectivity index (χ0v) is 16.4. The lowest BCUT2D eigenvalue weighted by Gasteiger charge is -2.45. The molecule has 0 bridgehead atoms. The smallest absolute Gasteiger partial charge is 0.279 e. The van der Waals surface area contributed by atoms with Crippen LogP contribution in [0.5, 0.6) is 0 Å². The molecule has 2 aliphatic rings. The molecule has 0 aromatic rings. The van der Waals surface area contributed by atoms with Gasteiger partial charge in [0, 0.05) is 32.3 Å². The molecular formula is C16H34N4O3S. The van der Waals surface area contributed by atoms with Crippen molar-refractivity contribution < 1.29 is 13.2 Å². The van der Waals surface area contributed by atoms with E-state index in [1.807, 2.05) is 0 Å². The van der Waals surface area contributed by atoms with Crippen molar-refractivity contribution in [1.29, 1.82) is 0 Å². The van der Waals surface area contributed by atoms with Crippen molar-refractivity contribution in [3.8, 4) is 0 Å². The Morgan fingerprint density at radius 1 is 1.25 bits per heavy atom. The molecule has 2 rings (SSSR count). The highest BCUT2D eigenvalue weighted by Gasteiger charge is 2.38. The fraction of sp³-hybridized carbons (Fsp3) is 1.00. The first-order chi connectivity index (χ1) is 11.3. The van der Waals surface area contributed by atoms with E-state index in [4.69, 9.17) is 4.74 Å². The van der Waals surface area contributed by atoms with Crippen LogP contribution in [0.25, 0.3) is 0 Å². The van der Waals surface area contributed by atoms with Crippen LogP contribution in [0, 0.1) is 5.92 Å². The molecule has 0 radical (unpaired) electrons. The van der Waals surface area contributed by atoms with Crippen LogP contribution in [-0.2, 0) is 14.9 Å². The zero-order chi connectivity index (χ0) is 17.8. The van der Waals surface area contributed by atoms with Crippen LogP contribution in [0.15, 0.2) is 0 Å². The van der Waals surface area contributed by atoms with E-state index in [9.17, 15) is 8.42 Å². The van der Waals surface area contributed by atoms with Gasteiger partial charge in [-0.2, -0.15) is 12.7 Å². The van der Waals surface area contributed by atoms with E-state index in [2.05, 4.69) is 35.7 Å². The van der Waals surface area contributed by atoms with Crippen molar-refractivity contribution >= 4 is 10.2 Å². The molecule has 0 aliphatic carbocycles. The molecule has 0 spiro atoms. The molecule has 0 aromatic carbocycles. The summed E-state index contributed by atoms with van der Waals surface area (Å²) in [5.74, 6) is 0.298. The van der Waals surface area contributed by atoms with Crippen molar-refractivity contribution in [2.75, 3.05) is 67.6 Å². The number of hydrogen-bond acceptors (Lipinski definition) is 5. The maximum absolute atomic E-state index is 12.8. The standard InChI is InChI=1S/C16H34N4O3S/c1-18(2)16(7-10-19(3)11-8-16)14-17-24(21,22)20-9-5-6-15(12-20)13-23-4/h15,17H,5-14H2,1-4H3. The second kappa shape index (κ2) is 8.42. The Kier molecular flexibility index (Phi) is 7.04. The van der Waals surface area contributed by atoms with Crippen molar-refractivity contribution in [3.63, 3.8) is 0 Å². The fourth-order valence-electron chi connectivity index (χ4n) is 3.75. The second-order valence-electron chi connectivity index (χ2n) is 7.57. The highest BCUT2D eigenvalue weighted by Crippen LogP contribution is 2.26. The summed E-state index contributed by atoms with van der Waals surface area (Å²) in [4.78, 5) is 4.49. The molecule has 7 nitrogen and oxygen atoms in total. The van der Waals surface area contributed by atoms with Crippen molar-refractivity contribution in [2.45, 2.75) is 31.2 Å². The normalized spacial score (nSPS) is 26.8. The number of nitrogens with zero attached hydrogens (tertiary/aromatic N) is 3. The summed E-state index contributed by atoms with van der Waals surface area (Å²) >= 11 is 0. The molecule has 1 unspecified atom stereocenters. The number of hydrogen-bond donors (Lipinski definition) is 1. The van der Waals surface area contributed by atoms with Crippen LogP contribution in [0.1, 0.15) is 25.7 Å². The second-order valence-corrected chi connectivity index (χ2v) is 9.33. The van der Waals surface area contributed by atoms with Gasteiger partial charge in [-0.3, -0.25) is 0 Å². The molecule has 1 N–H and O–H groups in total. The predicted octanol–water partition coefficient (Wildman–Crippen LogP) is 0.205. The molecular weight excluding hydrogens is 328 g/mol. The Morgan fingerprint density at radius 3 is 2.50 bits per heavy atom. The third-order valence-electron chi connectivity index (χ3n) is 5.67. The fourth-order valence-corrected chi connectivity index (χ4v) is 5.16. The molecule has 0 amide bonds. The molecule has 142 valence electrons. The first-order valence-corrected chi connectivity index (χ1v) is 10.3. The Bertz CT molecular complexity index is 488. The summed E-state index contributed by atoms with van der Waals surface area (Å²) in [6.07, 6.45) is 3.89. The number of piperidine rings is 2. The highest BCUT2D eigenvalue weighted by molar-refractivity contribution is 7.87. The molecule has 24 heavy (non-hydrogen) atoms. The topological polar surface area (TPSA) is 65.1 Å². The summed E-state index contributed by atoms with van der Waals surface area (Å²) in [6, 6.07) is 0. The average molecular weight is 363 g/mol. The molecule has 0 saturated carbocycles. The van der Waals surface area contributed by atoms with Crippen LogP contribution < -0.4 is 4.72 Å². The molecule has 2 aliphatic heterocycles. The van der Waals surface area contributed by atoms with E-state index in [0.717, 1.165) is 38.8 Å². The van der Waals surface area contributed by atoms with Gasteiger partial charge < -0.3 is 14.5 Å². The van der Waals surface area contributed by atoms with E-state index < -0.39 is 10.2 Å². The van der Waals surface area contributed by atoms with Crippen LogP contribution in [-0.4, -0.2) is 95.6 Å². The van der Waals surface area contributed by atoms with Gasteiger partial charge in [-0.1, -0.05) is 0 Å². The molecule has 2 heterocycles. The van der Waals surface area contributed by atoms with Crippen molar-refractivity contribution in [1.82, 2.24) is 18.8 Å². The minimum absolute atomic E-state index is 0.0959. The minimum Gasteiger partial charge on any atom is -0.384 e. The average Bonchev–Trinajstić information content (AvgIpc) is 2.55. The largest absolute Gasteiger partial charge is 0.384 e. The molecule has 0 aromatic heterocycles. The Labute approximate surface area is 147 Å². The van der Waals surface area contributed by atoms with Crippen LogP contribution in [0.3, 0.4) is 0 Å². The van der Waals surface area contributed by atoms with Gasteiger partial charge in [0.05, 0.1) is 6.61 Å². The maximum Gasteiger partial charge on any atom is 0.279 e. The Morgan fingerprint density at radius 2 is 1.92 bits per heavy atom. The number of likely N-dealkylation sites (tertiary alicyclic amines) is 1. The summed E-state index contributed by atoms with van der Waals surface area (Å²) < 4.78 is 35.2. The lowest BCUT2D eigenvalue weighted by Crippen LogP contribution is -2.59. The van der Waals surface area contributed by atoms with E-state index in [1.165, 1.54) is 0 Å². The molecule has 8 heteroatoms. The summed E-state index contributed by atoms with van der Waals surface area (Å²) in [5, 5.41) is 0. The van der Waals surface area contributed by atoms with Crippen molar-refractivity contribution in [3.05, 3.63) is 0 Å². The van der Waals surface area contributed by atoms with E-state index in [0.29, 0.717) is 32.2 Å². The SMILES string of the molecule is COCC1CCCN(S(=O)(=O)NCC2(N(C)C)CCN(C)CC2)C1. The Balaban J connectivity index is 1.97. The van der Waals surface area contributed by atoms with Gasteiger partial charge in [0.15, 0.2) is 0 Å². The third kappa shape index (κ3) is 4.89. The van der Waals surface area contributed by atoms with Gasteiger partial charge in [-0.05, 0) is 65.8 Å². The van der Waals surface area contributed by atoms with Gasteiger partial charge in [0.25, 0.3) is 10.2 Å². The van der Waals surface area contributed by atoms with Gasteiger partial charge in [-0.15, -0.1) is 0 Å². The summed E-state index contributed by atoms with van der Waals surface area (Å²) in [7, 11) is 4.46. The van der Waals surface area contributed by atoms with Gasteiger partial charge in [0.2, 0.25) is 0 Å². The number of ether oxygens (including phenoxy) is 1. The number of likely N-dealkylation sites (N-methyl/N-ethyl adjacent to an activating group) is 1. The number of methoxy groups -OCH3 is 1. The predicted molar refractivity (Wildman–Crippen MR) is 96.2 cm³/mol. The molecule has 2 fully saturated rings. The minimum atomic E-state index is -3.43. The lowest BCUT2D eigenvalue weighted by atomic mass is 9.86. The third-order valence-corrected chi connectivity index (χ3v) is 7.19. The maximum atomic E-state index is 12.8. The van der Waals surface area contributed by atoms with E-state index in [1.54, 1.807) is 11.4 Å². The van der Waals surface area contributed by atoms with Crippen molar-refractivity contribution in [2.24, 2.45) is 5.92 Å². The van der Waals surface area contributed by atoms with Gasteiger partial charge in [-0.25, -0.2) is 4.72 Å². The monoisotopic (exact) mass is 362 g/mol. The lowest BCUT2D eigenvalue weighted by molar-refractivity contribution is 0.0698. The first kappa shape index (κ1) is 20.1. The summed E-state index contributed by atoms with van der Waals surface area (Å²) in [5.41, 5.74) is -0.0959. The van der Waals surface area contributed by atoms with Crippen LogP contribution >= 0.6 is 0 Å². The molecule has 2 saturated heterocycles. The summed E-state index contributed by atoms with van der Waals surface area (Å²) in [6.45, 7) is 4.26. The molecule has 1 atom stereocenters. The number of nitrogens with one attached hydrogen (secondary N) is 1. The van der Waals surface area contributed by atoms with Crippen LogP contribution in [0.4, 0.5) is 0 Å². The number of rotatable bonds is 7. The van der Waals surface area contributed by atoms with E-state index >= 15 is 0 Å². The van der Waals surface area contributed by atoms with E-state index in [-0.39, 0.29) is 5.54 Å².